The number of carbonyl (C=O) groups excluding carboxylic acids is 1. The first kappa shape index (κ1) is 19.3. The van der Waals surface area contributed by atoms with Crippen molar-refractivity contribution in [2.45, 2.75) is 18.2 Å². The molecule has 1 aromatic heterocycles. The number of sulfonamides is 1. The van der Waals surface area contributed by atoms with Crippen molar-refractivity contribution < 1.29 is 13.2 Å². The fourth-order valence-corrected chi connectivity index (χ4v) is 4.92. The van der Waals surface area contributed by atoms with Gasteiger partial charge in [-0.05, 0) is 24.1 Å². The topological polar surface area (TPSA) is 101 Å². The molecule has 2 heterocycles. The number of hydrogen-bond acceptors (Lipinski definition) is 6. The zero-order valence-electron chi connectivity index (χ0n) is 15.5. The highest BCUT2D eigenvalue weighted by Gasteiger charge is 2.30. The molecule has 29 heavy (non-hydrogen) atoms. The summed E-state index contributed by atoms with van der Waals surface area (Å²) in [4.78, 5) is 21.0. The van der Waals surface area contributed by atoms with Crippen LogP contribution < -0.4 is 10.0 Å². The summed E-state index contributed by atoms with van der Waals surface area (Å²) in [5.41, 5.74) is 3.49. The summed E-state index contributed by atoms with van der Waals surface area (Å²) in [6, 6.07) is 14.7. The number of hydrogen-bond donors (Lipinski definition) is 2. The Morgan fingerprint density at radius 2 is 1.93 bits per heavy atom. The molecule has 1 aliphatic rings. The summed E-state index contributed by atoms with van der Waals surface area (Å²) >= 11 is 1.33. The molecule has 1 aliphatic heterocycles. The smallest absolute Gasteiger partial charge is 0.263 e. The Bertz CT molecular complexity index is 1200. The second-order valence-corrected chi connectivity index (χ2v) is 8.91. The molecule has 7 nitrogen and oxygen atoms in total. The average molecular weight is 427 g/mol. The first-order valence-corrected chi connectivity index (χ1v) is 11.3. The standard InChI is InChI=1S/C20H18N4O3S2/c1-2-13-7-9-14(10-8-13)16-12-28-20(22-16)23-18(25)11-21-19-15-5-3-4-6-17(15)29(26,27)24-19/h3-10,12H,2,11H2,1H3,(H,21,24)(H,22,23,25). The Morgan fingerprint density at radius 3 is 2.69 bits per heavy atom. The van der Waals surface area contributed by atoms with Gasteiger partial charge in [0.25, 0.3) is 10.0 Å². The number of aliphatic imine (C=N–C) groups is 1. The van der Waals surface area contributed by atoms with Crippen LogP contribution in [0.15, 0.2) is 63.8 Å². The first-order chi connectivity index (χ1) is 14.0. The van der Waals surface area contributed by atoms with E-state index in [0.29, 0.717) is 10.7 Å². The van der Waals surface area contributed by atoms with Gasteiger partial charge >= 0.3 is 0 Å². The quantitative estimate of drug-likeness (QED) is 0.655. The molecule has 0 aliphatic carbocycles. The molecule has 1 amide bonds. The van der Waals surface area contributed by atoms with Gasteiger partial charge in [-0.2, -0.15) is 0 Å². The molecule has 0 saturated carbocycles. The van der Waals surface area contributed by atoms with E-state index in [2.05, 4.69) is 39.1 Å². The third kappa shape index (κ3) is 4.06. The van der Waals surface area contributed by atoms with Crippen LogP contribution in [-0.4, -0.2) is 31.7 Å². The molecule has 0 atom stereocenters. The van der Waals surface area contributed by atoms with E-state index in [0.717, 1.165) is 17.7 Å². The van der Waals surface area contributed by atoms with E-state index in [1.165, 1.54) is 23.0 Å². The Labute approximate surface area is 172 Å². The number of anilines is 1. The number of carbonyl (C=O) groups is 1. The minimum absolute atomic E-state index is 0.165. The van der Waals surface area contributed by atoms with Gasteiger partial charge in [-0.3, -0.25) is 14.5 Å². The SMILES string of the molecule is CCc1ccc(-c2csc(NC(=O)CN=C3NS(=O)(=O)c4ccccc43)n2)cc1. The molecule has 4 rings (SSSR count). The number of amides is 1. The molecule has 0 spiro atoms. The van der Waals surface area contributed by atoms with E-state index in [1.807, 2.05) is 17.5 Å². The van der Waals surface area contributed by atoms with Crippen LogP contribution in [0.5, 0.6) is 0 Å². The maximum atomic E-state index is 12.2. The summed E-state index contributed by atoms with van der Waals surface area (Å²) in [6.07, 6.45) is 0.974. The van der Waals surface area contributed by atoms with Crippen LogP contribution in [0.4, 0.5) is 5.13 Å². The van der Waals surface area contributed by atoms with E-state index < -0.39 is 10.0 Å². The van der Waals surface area contributed by atoms with E-state index in [1.54, 1.807) is 18.2 Å². The van der Waals surface area contributed by atoms with Crippen LogP contribution in [0.3, 0.4) is 0 Å². The monoisotopic (exact) mass is 426 g/mol. The van der Waals surface area contributed by atoms with Gasteiger partial charge in [0.05, 0.1) is 10.6 Å². The zero-order valence-corrected chi connectivity index (χ0v) is 17.2. The Kier molecular flexibility index (Phi) is 5.16. The molecule has 148 valence electrons. The summed E-state index contributed by atoms with van der Waals surface area (Å²) in [6.45, 7) is 1.89. The number of thiazole rings is 1. The largest absolute Gasteiger partial charge is 0.300 e. The number of aryl methyl sites for hydroxylation is 1. The van der Waals surface area contributed by atoms with Gasteiger partial charge in [0.15, 0.2) is 5.13 Å². The van der Waals surface area contributed by atoms with E-state index in [4.69, 9.17) is 0 Å². The third-order valence-electron chi connectivity index (χ3n) is 4.45. The van der Waals surface area contributed by atoms with Crippen LogP contribution in [0.1, 0.15) is 18.1 Å². The van der Waals surface area contributed by atoms with Crippen molar-refractivity contribution in [1.82, 2.24) is 9.71 Å². The maximum Gasteiger partial charge on any atom is 0.263 e. The molecule has 9 heteroatoms. The van der Waals surface area contributed by atoms with Crippen LogP contribution in [-0.2, 0) is 21.2 Å². The second kappa shape index (κ2) is 7.76. The van der Waals surface area contributed by atoms with E-state index in [-0.39, 0.29) is 23.2 Å². The molecule has 0 radical (unpaired) electrons. The average Bonchev–Trinajstić information content (AvgIpc) is 3.29. The number of rotatable bonds is 5. The van der Waals surface area contributed by atoms with Crippen molar-refractivity contribution in [3.8, 4) is 11.3 Å². The Hall–Kier alpha value is -3.04. The van der Waals surface area contributed by atoms with Crippen LogP contribution in [0, 0.1) is 0 Å². The lowest BCUT2D eigenvalue weighted by Gasteiger charge is -2.01. The molecule has 0 saturated heterocycles. The number of amidine groups is 1. The van der Waals surface area contributed by atoms with Gasteiger partial charge in [0.1, 0.15) is 12.4 Å². The van der Waals surface area contributed by atoms with Crippen molar-refractivity contribution in [3.05, 3.63) is 65.0 Å². The number of aromatic nitrogens is 1. The van der Waals surface area contributed by atoms with Gasteiger partial charge < -0.3 is 5.32 Å². The predicted octanol–water partition coefficient (Wildman–Crippen LogP) is 3.05. The lowest BCUT2D eigenvalue weighted by Crippen LogP contribution is -2.24. The van der Waals surface area contributed by atoms with Gasteiger partial charge in [-0.15, -0.1) is 11.3 Å². The first-order valence-electron chi connectivity index (χ1n) is 8.97. The highest BCUT2D eigenvalue weighted by atomic mass is 32.2. The highest BCUT2D eigenvalue weighted by Crippen LogP contribution is 2.25. The molecule has 2 N–H and O–H groups in total. The van der Waals surface area contributed by atoms with Crippen molar-refractivity contribution in [3.63, 3.8) is 0 Å². The third-order valence-corrected chi connectivity index (χ3v) is 6.61. The molecule has 3 aromatic rings. The van der Waals surface area contributed by atoms with Gasteiger partial charge in [0, 0.05) is 16.5 Å². The van der Waals surface area contributed by atoms with E-state index in [9.17, 15) is 13.2 Å². The second-order valence-electron chi connectivity index (χ2n) is 6.40. The summed E-state index contributed by atoms with van der Waals surface area (Å²) in [7, 11) is -3.62. The minimum Gasteiger partial charge on any atom is -0.300 e. The number of nitrogens with one attached hydrogen (secondary N) is 2. The summed E-state index contributed by atoms with van der Waals surface area (Å²) in [5, 5.41) is 5.06. The normalized spacial score (nSPS) is 15.7. The fraction of sp³-hybridized carbons (Fsp3) is 0.150. The Morgan fingerprint density at radius 1 is 1.17 bits per heavy atom. The van der Waals surface area contributed by atoms with Crippen molar-refractivity contribution in [2.75, 3.05) is 11.9 Å². The van der Waals surface area contributed by atoms with Crippen LogP contribution in [0.2, 0.25) is 0 Å². The molecule has 2 aromatic carbocycles. The van der Waals surface area contributed by atoms with Crippen LogP contribution >= 0.6 is 11.3 Å². The van der Waals surface area contributed by atoms with Crippen molar-refractivity contribution in [2.24, 2.45) is 4.99 Å². The molecular formula is C20H18N4O3S2. The summed E-state index contributed by atoms with van der Waals surface area (Å²) < 4.78 is 26.5. The van der Waals surface area contributed by atoms with E-state index >= 15 is 0 Å². The predicted molar refractivity (Wildman–Crippen MR) is 114 cm³/mol. The highest BCUT2D eigenvalue weighted by molar-refractivity contribution is 7.90. The van der Waals surface area contributed by atoms with Gasteiger partial charge in [-0.1, -0.05) is 43.3 Å². The minimum atomic E-state index is -3.62. The zero-order chi connectivity index (χ0) is 20.4. The molecule has 0 unspecified atom stereocenters. The maximum absolute atomic E-state index is 12.2. The summed E-state index contributed by atoms with van der Waals surface area (Å²) in [5.74, 6) is -0.199. The molecule has 0 bridgehead atoms. The van der Waals surface area contributed by atoms with Crippen molar-refractivity contribution in [1.29, 1.82) is 0 Å². The van der Waals surface area contributed by atoms with Crippen molar-refractivity contribution >= 4 is 38.2 Å². The fourth-order valence-electron chi connectivity index (χ4n) is 2.94. The molecule has 0 fully saturated rings. The van der Waals surface area contributed by atoms with Gasteiger partial charge in [0.2, 0.25) is 5.91 Å². The lowest BCUT2D eigenvalue weighted by molar-refractivity contribution is -0.114. The van der Waals surface area contributed by atoms with Gasteiger partial charge in [-0.25, -0.2) is 13.4 Å². The number of nitrogens with zero attached hydrogens (tertiary/aromatic N) is 2. The number of benzene rings is 2. The lowest BCUT2D eigenvalue weighted by atomic mass is 10.1. The Balaban J connectivity index is 1.43. The molecular weight excluding hydrogens is 408 g/mol. The van der Waals surface area contributed by atoms with Crippen LogP contribution in [0.25, 0.3) is 11.3 Å². The number of fused-ring (bicyclic) bond motifs is 1.